The van der Waals surface area contributed by atoms with Crippen molar-refractivity contribution in [3.8, 4) is 0 Å². The molecule has 0 aliphatic carbocycles. The third-order valence-corrected chi connectivity index (χ3v) is 6.04. The number of rotatable bonds is 7. The summed E-state index contributed by atoms with van der Waals surface area (Å²) in [6.45, 7) is 6.79. The van der Waals surface area contributed by atoms with Gasteiger partial charge in [-0.25, -0.2) is 0 Å². The first-order chi connectivity index (χ1) is 12.9. The molecule has 3 aliphatic heterocycles. The molecule has 0 unspecified atom stereocenters. The van der Waals surface area contributed by atoms with Crippen LogP contribution in [-0.2, 0) is 20.9 Å². The number of hydrogen-bond acceptors (Lipinski definition) is 4. The van der Waals surface area contributed by atoms with E-state index in [1.807, 2.05) is 29.3 Å². The number of amides is 2. The van der Waals surface area contributed by atoms with Crippen LogP contribution in [0.15, 0.2) is 30.6 Å². The maximum absolute atomic E-state index is 13.2. The molecule has 2 saturated heterocycles. The number of hydrogen-bond donors (Lipinski definition) is 0. The maximum Gasteiger partial charge on any atom is 0.230 e. The SMILES string of the molecule is CC(C)CCN1C[C@]23C=C[C@H](O2)[C@H](C(=O)N(C)CCn2cccn2)[C@H]3C1=O. The first-order valence-corrected chi connectivity index (χ1v) is 9.80. The third kappa shape index (κ3) is 3.08. The predicted molar refractivity (Wildman–Crippen MR) is 99.6 cm³/mol. The molecule has 2 bridgehead atoms. The smallest absolute Gasteiger partial charge is 0.230 e. The summed E-state index contributed by atoms with van der Waals surface area (Å²) >= 11 is 0. The van der Waals surface area contributed by atoms with Crippen LogP contribution < -0.4 is 0 Å². The van der Waals surface area contributed by atoms with Crippen LogP contribution in [0.5, 0.6) is 0 Å². The van der Waals surface area contributed by atoms with Crippen molar-refractivity contribution in [2.24, 2.45) is 17.8 Å². The fraction of sp³-hybridized carbons (Fsp3) is 0.650. The van der Waals surface area contributed by atoms with Gasteiger partial charge in [0.15, 0.2) is 0 Å². The summed E-state index contributed by atoms with van der Waals surface area (Å²) < 4.78 is 7.99. The molecule has 0 N–H and O–H groups in total. The van der Waals surface area contributed by atoms with Gasteiger partial charge in [-0.3, -0.25) is 14.3 Å². The van der Waals surface area contributed by atoms with E-state index in [0.29, 0.717) is 25.6 Å². The summed E-state index contributed by atoms with van der Waals surface area (Å²) in [6.07, 6.45) is 8.27. The van der Waals surface area contributed by atoms with E-state index in [1.165, 1.54) is 0 Å². The molecule has 4 atom stereocenters. The van der Waals surface area contributed by atoms with Crippen molar-refractivity contribution in [2.45, 2.75) is 38.5 Å². The van der Waals surface area contributed by atoms with Crippen LogP contribution in [0.25, 0.3) is 0 Å². The lowest BCUT2D eigenvalue weighted by atomic mass is 9.76. The highest BCUT2D eigenvalue weighted by atomic mass is 16.5. The summed E-state index contributed by atoms with van der Waals surface area (Å²) in [6, 6.07) is 1.86. The second kappa shape index (κ2) is 6.78. The Bertz CT molecular complexity index is 744. The van der Waals surface area contributed by atoms with Crippen molar-refractivity contribution in [3.05, 3.63) is 30.6 Å². The van der Waals surface area contributed by atoms with Crippen molar-refractivity contribution in [1.29, 1.82) is 0 Å². The normalized spacial score (nSPS) is 31.2. The van der Waals surface area contributed by atoms with Gasteiger partial charge in [0.05, 0.1) is 31.0 Å². The van der Waals surface area contributed by atoms with E-state index < -0.39 is 11.5 Å². The van der Waals surface area contributed by atoms with Crippen LogP contribution >= 0.6 is 0 Å². The number of aromatic nitrogens is 2. The van der Waals surface area contributed by atoms with Crippen molar-refractivity contribution in [1.82, 2.24) is 19.6 Å². The Balaban J connectivity index is 1.46. The van der Waals surface area contributed by atoms with Gasteiger partial charge in [-0.05, 0) is 18.4 Å². The highest BCUT2D eigenvalue weighted by Crippen LogP contribution is 2.52. The van der Waals surface area contributed by atoms with Gasteiger partial charge in [0.2, 0.25) is 11.8 Å². The molecular formula is C20H28N4O3. The van der Waals surface area contributed by atoms with E-state index in [1.54, 1.807) is 22.8 Å². The minimum absolute atomic E-state index is 0.0116. The molecule has 0 aromatic carbocycles. The van der Waals surface area contributed by atoms with Gasteiger partial charge >= 0.3 is 0 Å². The van der Waals surface area contributed by atoms with E-state index in [4.69, 9.17) is 4.74 Å². The Labute approximate surface area is 159 Å². The molecule has 0 saturated carbocycles. The minimum Gasteiger partial charge on any atom is -0.360 e. The lowest BCUT2D eigenvalue weighted by molar-refractivity contribution is -0.142. The number of likely N-dealkylation sites (tertiary alicyclic amines) is 1. The predicted octanol–water partition coefficient (Wildman–Crippen LogP) is 1.17. The Kier molecular flexibility index (Phi) is 4.58. The molecule has 0 radical (unpaired) electrons. The van der Waals surface area contributed by atoms with Crippen molar-refractivity contribution >= 4 is 11.8 Å². The minimum atomic E-state index is -0.609. The van der Waals surface area contributed by atoms with Crippen molar-refractivity contribution < 1.29 is 14.3 Å². The standard InChI is InChI=1S/C20H28N4O3/c1-14(2)6-10-23-13-20-7-5-15(27-20)16(17(20)19(23)26)18(25)22(3)11-12-24-9-4-8-21-24/h4-5,7-9,14-17H,6,10-13H2,1-3H3/t15-,16-,17-,20-/m0/s1. The van der Waals surface area contributed by atoms with Crippen LogP contribution in [-0.4, -0.2) is 69.8 Å². The lowest BCUT2D eigenvalue weighted by Crippen LogP contribution is -2.45. The molecule has 1 spiro atoms. The maximum atomic E-state index is 13.2. The molecular weight excluding hydrogens is 344 g/mol. The Morgan fingerprint density at radius 3 is 2.96 bits per heavy atom. The number of carbonyl (C=O) groups is 2. The summed E-state index contributed by atoms with van der Waals surface area (Å²) in [5.74, 6) is -0.216. The average Bonchev–Trinajstić information content (AvgIpc) is 3.39. The summed E-state index contributed by atoms with van der Waals surface area (Å²) in [7, 11) is 1.80. The zero-order valence-corrected chi connectivity index (χ0v) is 16.2. The molecule has 1 aromatic heterocycles. The van der Waals surface area contributed by atoms with Gasteiger partial charge in [-0.1, -0.05) is 26.0 Å². The van der Waals surface area contributed by atoms with Gasteiger partial charge in [0, 0.05) is 32.5 Å². The summed E-state index contributed by atoms with van der Waals surface area (Å²) in [4.78, 5) is 29.9. The van der Waals surface area contributed by atoms with E-state index in [0.717, 1.165) is 13.0 Å². The lowest BCUT2D eigenvalue weighted by Gasteiger charge is -2.27. The van der Waals surface area contributed by atoms with Gasteiger partial charge in [0.1, 0.15) is 5.60 Å². The molecule has 1 aromatic rings. The molecule has 146 valence electrons. The van der Waals surface area contributed by atoms with E-state index in [-0.39, 0.29) is 23.8 Å². The third-order valence-electron chi connectivity index (χ3n) is 6.04. The van der Waals surface area contributed by atoms with Crippen LogP contribution in [0.1, 0.15) is 20.3 Å². The molecule has 2 fully saturated rings. The van der Waals surface area contributed by atoms with Crippen molar-refractivity contribution in [3.63, 3.8) is 0 Å². The number of fused-ring (bicyclic) bond motifs is 1. The molecule has 3 aliphatic rings. The zero-order valence-electron chi connectivity index (χ0n) is 16.2. The topological polar surface area (TPSA) is 67.7 Å². The van der Waals surface area contributed by atoms with Gasteiger partial charge < -0.3 is 14.5 Å². The van der Waals surface area contributed by atoms with Crippen LogP contribution in [0, 0.1) is 17.8 Å². The average molecular weight is 372 g/mol. The first kappa shape index (κ1) is 18.2. The zero-order chi connectivity index (χ0) is 19.2. The number of likely N-dealkylation sites (N-methyl/N-ethyl adjacent to an activating group) is 1. The monoisotopic (exact) mass is 372 g/mol. The summed E-state index contributed by atoms with van der Waals surface area (Å²) in [5, 5.41) is 4.17. The molecule has 27 heavy (non-hydrogen) atoms. The molecule has 7 nitrogen and oxygen atoms in total. The highest BCUT2D eigenvalue weighted by molar-refractivity contribution is 5.93. The van der Waals surface area contributed by atoms with E-state index in [9.17, 15) is 9.59 Å². The van der Waals surface area contributed by atoms with E-state index >= 15 is 0 Å². The molecule has 4 rings (SSSR count). The number of ether oxygens (including phenoxy) is 1. The number of carbonyl (C=O) groups excluding carboxylic acids is 2. The van der Waals surface area contributed by atoms with Crippen LogP contribution in [0.4, 0.5) is 0 Å². The van der Waals surface area contributed by atoms with Gasteiger partial charge in [0.25, 0.3) is 0 Å². The summed E-state index contributed by atoms with van der Waals surface area (Å²) in [5.41, 5.74) is -0.609. The van der Waals surface area contributed by atoms with E-state index in [2.05, 4.69) is 18.9 Å². The van der Waals surface area contributed by atoms with Gasteiger partial charge in [-0.15, -0.1) is 0 Å². The largest absolute Gasteiger partial charge is 0.360 e. The second-order valence-corrected chi connectivity index (χ2v) is 8.37. The second-order valence-electron chi connectivity index (χ2n) is 8.37. The molecule has 4 heterocycles. The van der Waals surface area contributed by atoms with Crippen molar-refractivity contribution in [2.75, 3.05) is 26.7 Å². The highest BCUT2D eigenvalue weighted by Gasteiger charge is 2.66. The Morgan fingerprint density at radius 2 is 2.26 bits per heavy atom. The Hall–Kier alpha value is -2.15. The number of nitrogens with zero attached hydrogens (tertiary/aromatic N) is 4. The van der Waals surface area contributed by atoms with Crippen LogP contribution in [0.3, 0.4) is 0 Å². The Morgan fingerprint density at radius 1 is 1.44 bits per heavy atom. The first-order valence-electron chi connectivity index (χ1n) is 9.80. The fourth-order valence-corrected chi connectivity index (χ4v) is 4.51. The molecule has 7 heteroatoms. The molecule has 2 amide bonds. The fourth-order valence-electron chi connectivity index (χ4n) is 4.51. The van der Waals surface area contributed by atoms with Crippen LogP contribution in [0.2, 0.25) is 0 Å². The quantitative estimate of drug-likeness (QED) is 0.674. The van der Waals surface area contributed by atoms with Gasteiger partial charge in [-0.2, -0.15) is 5.10 Å².